The summed E-state index contributed by atoms with van der Waals surface area (Å²) in [6.07, 6.45) is 1.83. The molecule has 0 bridgehead atoms. The molecule has 1 aromatic rings. The van der Waals surface area contributed by atoms with E-state index in [1.165, 1.54) is 29.5 Å². The Labute approximate surface area is 137 Å². The summed E-state index contributed by atoms with van der Waals surface area (Å²) in [6.45, 7) is 0.482. The van der Waals surface area contributed by atoms with E-state index in [0.29, 0.717) is 23.9 Å². The number of nitrogens with one attached hydrogen (secondary N) is 2. The van der Waals surface area contributed by atoms with E-state index in [2.05, 4.69) is 10.0 Å². The van der Waals surface area contributed by atoms with Gasteiger partial charge in [-0.25, -0.2) is 14.3 Å². The van der Waals surface area contributed by atoms with Gasteiger partial charge in [0.1, 0.15) is 5.82 Å². The molecule has 0 saturated heterocycles. The molecule has 1 aliphatic rings. The van der Waals surface area contributed by atoms with Gasteiger partial charge in [-0.2, -0.15) is 13.5 Å². The third-order valence-electron chi connectivity index (χ3n) is 2.73. The minimum absolute atomic E-state index is 0.0838. The van der Waals surface area contributed by atoms with Gasteiger partial charge in [-0.1, -0.05) is 16.8 Å². The van der Waals surface area contributed by atoms with Gasteiger partial charge in [0.15, 0.2) is 5.82 Å². The summed E-state index contributed by atoms with van der Waals surface area (Å²) in [5.41, 5.74) is 0.406. The third kappa shape index (κ3) is 5.20. The normalized spacial score (nSPS) is 15.0. The van der Waals surface area contributed by atoms with Crippen LogP contribution in [0.3, 0.4) is 0 Å². The average molecular weight is 368 g/mol. The minimum Gasteiger partial charge on any atom is -0.366 e. The van der Waals surface area contributed by atoms with E-state index < -0.39 is 16.0 Å². The molecular formula is C11H15ClFN5O4S. The minimum atomic E-state index is -3.72. The zero-order valence-electron chi connectivity index (χ0n) is 11.7. The zero-order chi connectivity index (χ0) is 17.0. The summed E-state index contributed by atoms with van der Waals surface area (Å²) in [5, 5.41) is 18.8. The Morgan fingerprint density at radius 3 is 2.78 bits per heavy atom. The molecule has 0 spiro atoms. The molecule has 5 N–H and O–H groups in total. The maximum absolute atomic E-state index is 13.1. The Bertz CT molecular complexity index is 702. The molecule has 1 aliphatic heterocycles. The van der Waals surface area contributed by atoms with Crippen molar-refractivity contribution in [1.29, 1.82) is 0 Å². The number of benzene rings is 1. The van der Waals surface area contributed by atoms with Crippen LogP contribution in [0.4, 0.5) is 10.1 Å². The summed E-state index contributed by atoms with van der Waals surface area (Å²) >= 11 is 5.68. The predicted octanol–water partition coefficient (Wildman–Crippen LogP) is 0.409. The van der Waals surface area contributed by atoms with Gasteiger partial charge in [0.25, 0.3) is 10.2 Å². The molecule has 0 aliphatic carbocycles. The SMILES string of the molecule is NS(=O)(=O)NCCCNC1=CN(c2ccc(F)c(Cl)c2)ON1O. The zero-order valence-corrected chi connectivity index (χ0v) is 13.3. The van der Waals surface area contributed by atoms with Crippen molar-refractivity contribution >= 4 is 27.5 Å². The van der Waals surface area contributed by atoms with Gasteiger partial charge in [-0.3, -0.25) is 5.21 Å². The number of anilines is 1. The summed E-state index contributed by atoms with van der Waals surface area (Å²) < 4.78 is 36.6. The van der Waals surface area contributed by atoms with Crippen LogP contribution in [0.25, 0.3) is 0 Å². The van der Waals surface area contributed by atoms with Crippen LogP contribution in [0, 0.1) is 5.82 Å². The fraction of sp³-hybridized carbons (Fsp3) is 0.273. The standard InChI is InChI=1S/C11H15ClFN5O4S/c12-9-6-8(2-3-10(9)13)17-7-11(18(19)22-17)15-4-1-5-16-23(14,20)21/h2-3,6-7,15-16,19H,1,4-5H2,(H2,14,20,21). The van der Waals surface area contributed by atoms with E-state index in [9.17, 15) is 18.0 Å². The average Bonchev–Trinajstić information content (AvgIpc) is 2.82. The van der Waals surface area contributed by atoms with E-state index in [1.54, 1.807) is 0 Å². The molecule has 0 saturated carbocycles. The van der Waals surface area contributed by atoms with Crippen LogP contribution in [0.2, 0.25) is 5.02 Å². The molecule has 1 heterocycles. The lowest BCUT2D eigenvalue weighted by Crippen LogP contribution is -2.33. The molecule has 9 nitrogen and oxygen atoms in total. The van der Waals surface area contributed by atoms with Crippen molar-refractivity contribution in [2.24, 2.45) is 5.14 Å². The highest BCUT2D eigenvalue weighted by Crippen LogP contribution is 2.26. The molecular weight excluding hydrogens is 353 g/mol. The molecule has 0 fully saturated rings. The van der Waals surface area contributed by atoms with E-state index >= 15 is 0 Å². The van der Waals surface area contributed by atoms with Crippen LogP contribution in [-0.2, 0) is 15.1 Å². The lowest BCUT2D eigenvalue weighted by molar-refractivity contribution is -0.306. The van der Waals surface area contributed by atoms with E-state index in [-0.39, 0.29) is 17.4 Å². The van der Waals surface area contributed by atoms with Crippen molar-refractivity contribution in [2.75, 3.05) is 18.2 Å². The molecule has 0 amide bonds. The Hall–Kier alpha value is -1.63. The largest absolute Gasteiger partial charge is 0.366 e. The smallest absolute Gasteiger partial charge is 0.274 e. The van der Waals surface area contributed by atoms with Gasteiger partial charge >= 0.3 is 0 Å². The van der Waals surface area contributed by atoms with Crippen LogP contribution in [-0.4, -0.2) is 31.9 Å². The van der Waals surface area contributed by atoms with Crippen molar-refractivity contribution in [1.82, 2.24) is 15.3 Å². The first-order chi connectivity index (χ1) is 10.8. The van der Waals surface area contributed by atoms with Crippen LogP contribution in [0.1, 0.15) is 6.42 Å². The first kappa shape index (κ1) is 17.7. The summed E-state index contributed by atoms with van der Waals surface area (Å²) in [5.74, 6) is -0.360. The number of hydrogen-bond donors (Lipinski definition) is 4. The number of hydrogen-bond acceptors (Lipinski definition) is 7. The number of halogens is 2. The second-order valence-electron chi connectivity index (χ2n) is 4.51. The molecule has 0 radical (unpaired) electrons. The highest BCUT2D eigenvalue weighted by Gasteiger charge is 2.23. The number of nitrogens with two attached hydrogens (primary N) is 1. The van der Waals surface area contributed by atoms with E-state index in [1.807, 2.05) is 0 Å². The van der Waals surface area contributed by atoms with Crippen molar-refractivity contribution < 1.29 is 23.0 Å². The maximum Gasteiger partial charge on any atom is 0.274 e. The van der Waals surface area contributed by atoms with E-state index in [4.69, 9.17) is 21.7 Å². The van der Waals surface area contributed by atoms with E-state index in [0.717, 1.165) is 0 Å². The topological polar surface area (TPSA) is 120 Å². The number of rotatable bonds is 7. The fourth-order valence-electron chi connectivity index (χ4n) is 1.69. The number of nitrogens with zero attached hydrogens (tertiary/aromatic N) is 2. The first-order valence-electron chi connectivity index (χ1n) is 6.41. The fourth-order valence-corrected chi connectivity index (χ4v) is 2.29. The van der Waals surface area contributed by atoms with Gasteiger partial charge in [0.05, 0.1) is 16.9 Å². The summed E-state index contributed by atoms with van der Waals surface area (Å²) in [7, 11) is -3.72. The Balaban J connectivity index is 1.88. The van der Waals surface area contributed by atoms with Crippen LogP contribution in [0.15, 0.2) is 30.2 Å². The lowest BCUT2D eigenvalue weighted by atomic mass is 10.3. The Kier molecular flexibility index (Phi) is 5.62. The predicted molar refractivity (Wildman–Crippen MR) is 80.4 cm³/mol. The van der Waals surface area contributed by atoms with Gasteiger partial charge in [0, 0.05) is 13.1 Å². The van der Waals surface area contributed by atoms with Crippen molar-refractivity contribution in [3.05, 3.63) is 41.1 Å². The van der Waals surface area contributed by atoms with Gasteiger partial charge in [-0.15, -0.1) is 4.94 Å². The van der Waals surface area contributed by atoms with Crippen molar-refractivity contribution in [3.8, 4) is 0 Å². The molecule has 2 rings (SSSR count). The van der Waals surface area contributed by atoms with Crippen LogP contribution < -0.4 is 20.2 Å². The lowest BCUT2D eigenvalue weighted by Gasteiger charge is -2.16. The van der Waals surface area contributed by atoms with Crippen LogP contribution in [0.5, 0.6) is 0 Å². The molecule has 23 heavy (non-hydrogen) atoms. The van der Waals surface area contributed by atoms with Gasteiger partial charge in [0.2, 0.25) is 0 Å². The quantitative estimate of drug-likeness (QED) is 0.515. The highest BCUT2D eigenvalue weighted by molar-refractivity contribution is 7.87. The van der Waals surface area contributed by atoms with Crippen molar-refractivity contribution in [2.45, 2.75) is 6.42 Å². The molecule has 0 aromatic heterocycles. The molecule has 0 unspecified atom stereocenters. The van der Waals surface area contributed by atoms with Gasteiger partial charge in [-0.05, 0) is 24.6 Å². The second-order valence-corrected chi connectivity index (χ2v) is 6.30. The molecule has 128 valence electrons. The Morgan fingerprint density at radius 1 is 1.39 bits per heavy atom. The summed E-state index contributed by atoms with van der Waals surface area (Å²) in [6, 6.07) is 3.92. The molecule has 0 atom stereocenters. The second kappa shape index (κ2) is 7.29. The maximum atomic E-state index is 13.1. The Morgan fingerprint density at radius 2 is 2.13 bits per heavy atom. The number of hydroxylamine groups is 3. The van der Waals surface area contributed by atoms with Crippen LogP contribution >= 0.6 is 11.6 Å². The monoisotopic (exact) mass is 367 g/mol. The van der Waals surface area contributed by atoms with Crippen molar-refractivity contribution in [3.63, 3.8) is 0 Å². The summed E-state index contributed by atoms with van der Waals surface area (Å²) in [4.78, 5) is 5.02. The molecule has 12 heteroatoms. The third-order valence-corrected chi connectivity index (χ3v) is 3.63. The first-order valence-corrected chi connectivity index (χ1v) is 8.33. The highest BCUT2D eigenvalue weighted by atomic mass is 35.5. The van der Waals surface area contributed by atoms with Gasteiger partial charge < -0.3 is 5.32 Å². The molecule has 1 aromatic carbocycles.